The second-order valence-corrected chi connectivity index (χ2v) is 6.04. The number of benzene rings is 2. The van der Waals surface area contributed by atoms with Crippen LogP contribution in [0.25, 0.3) is 0 Å². The summed E-state index contributed by atoms with van der Waals surface area (Å²) in [6.07, 6.45) is -2.64. The first-order chi connectivity index (χ1) is 13.5. The summed E-state index contributed by atoms with van der Waals surface area (Å²) in [5, 5.41) is 3.21. The average molecular weight is 388 g/mol. The van der Waals surface area contributed by atoms with E-state index in [9.17, 15) is 13.2 Å². The quantitative estimate of drug-likeness (QED) is 0.597. The predicted molar refractivity (Wildman–Crippen MR) is 100 cm³/mol. The molecule has 0 bridgehead atoms. The van der Waals surface area contributed by atoms with Crippen LogP contribution in [0.5, 0.6) is 11.5 Å². The Hall–Kier alpha value is -3.22. The van der Waals surface area contributed by atoms with E-state index in [4.69, 9.17) is 9.47 Å². The lowest BCUT2D eigenvalue weighted by Gasteiger charge is -2.13. The van der Waals surface area contributed by atoms with Crippen LogP contribution in [0, 0.1) is 0 Å². The van der Waals surface area contributed by atoms with Gasteiger partial charge in [-0.05, 0) is 47.5 Å². The third-order valence-corrected chi connectivity index (χ3v) is 4.04. The number of anilines is 1. The molecule has 0 aliphatic heterocycles. The molecule has 2 aromatic carbocycles. The summed E-state index contributed by atoms with van der Waals surface area (Å²) in [6.45, 7) is 0.701. The van der Waals surface area contributed by atoms with Gasteiger partial charge in [-0.2, -0.15) is 13.2 Å². The Bertz CT molecular complexity index is 898. The molecule has 28 heavy (non-hydrogen) atoms. The molecule has 0 atom stereocenters. The molecule has 0 saturated heterocycles. The molecule has 1 heterocycles. The minimum atomic E-state index is -4.35. The Balaban J connectivity index is 1.62. The highest BCUT2D eigenvalue weighted by molar-refractivity contribution is 5.44. The highest BCUT2D eigenvalue weighted by Gasteiger charge is 2.29. The molecule has 7 heteroatoms. The summed E-state index contributed by atoms with van der Waals surface area (Å²) >= 11 is 0. The molecule has 3 aromatic rings. The smallest absolute Gasteiger partial charge is 0.416 e. The highest BCUT2D eigenvalue weighted by Crippen LogP contribution is 2.31. The summed E-state index contributed by atoms with van der Waals surface area (Å²) in [4.78, 5) is 4.20. The van der Waals surface area contributed by atoms with Crippen molar-refractivity contribution in [2.45, 2.75) is 19.3 Å². The lowest BCUT2D eigenvalue weighted by atomic mass is 10.1. The van der Waals surface area contributed by atoms with E-state index < -0.39 is 11.7 Å². The van der Waals surface area contributed by atoms with Gasteiger partial charge in [0.15, 0.2) is 11.5 Å². The maximum absolute atomic E-state index is 12.6. The zero-order chi connectivity index (χ0) is 20.0. The summed E-state index contributed by atoms with van der Waals surface area (Å²) in [5.74, 6) is 1.83. The van der Waals surface area contributed by atoms with Gasteiger partial charge < -0.3 is 14.8 Å². The van der Waals surface area contributed by atoms with E-state index in [-0.39, 0.29) is 6.61 Å². The Morgan fingerprint density at radius 3 is 2.32 bits per heavy atom. The van der Waals surface area contributed by atoms with Gasteiger partial charge >= 0.3 is 6.18 Å². The molecule has 1 N–H and O–H groups in total. The third-order valence-electron chi connectivity index (χ3n) is 4.04. The van der Waals surface area contributed by atoms with Gasteiger partial charge in [0.2, 0.25) is 0 Å². The molecule has 0 aliphatic rings. The number of methoxy groups -OCH3 is 1. The molecule has 0 amide bonds. The molecular weight excluding hydrogens is 369 g/mol. The van der Waals surface area contributed by atoms with Crippen LogP contribution in [0.3, 0.4) is 0 Å². The second kappa shape index (κ2) is 8.65. The van der Waals surface area contributed by atoms with Gasteiger partial charge in [-0.25, -0.2) is 4.98 Å². The number of hydrogen-bond donors (Lipinski definition) is 1. The van der Waals surface area contributed by atoms with Crippen molar-refractivity contribution in [1.29, 1.82) is 0 Å². The number of alkyl halides is 3. The number of nitrogens with one attached hydrogen (secondary N) is 1. The molecule has 4 nitrogen and oxygen atoms in total. The zero-order valence-electron chi connectivity index (χ0n) is 15.2. The first kappa shape index (κ1) is 19.5. The minimum absolute atomic E-state index is 0.139. The number of hydrogen-bond acceptors (Lipinski definition) is 4. The van der Waals surface area contributed by atoms with Gasteiger partial charge in [-0.15, -0.1) is 0 Å². The van der Waals surface area contributed by atoms with Crippen LogP contribution >= 0.6 is 0 Å². The van der Waals surface area contributed by atoms with Crippen LogP contribution in [0.2, 0.25) is 0 Å². The van der Waals surface area contributed by atoms with Gasteiger partial charge in [-0.3, -0.25) is 0 Å². The standard InChI is InChI=1S/C21H19F3N2O2/c1-27-19-12-16(13-26-20-4-2-3-11-25-20)7-10-18(19)28-14-15-5-8-17(9-6-15)21(22,23)24/h2-12H,13-14H2,1H3,(H,25,26). The van der Waals surface area contributed by atoms with Crippen LogP contribution in [0.4, 0.5) is 19.0 Å². The van der Waals surface area contributed by atoms with E-state index in [1.807, 2.05) is 30.3 Å². The number of halogens is 3. The van der Waals surface area contributed by atoms with Crippen LogP contribution in [-0.2, 0) is 19.3 Å². The number of rotatable bonds is 7. The van der Waals surface area contributed by atoms with Gasteiger partial charge in [0.25, 0.3) is 0 Å². The van der Waals surface area contributed by atoms with Gasteiger partial charge in [0.05, 0.1) is 12.7 Å². The third kappa shape index (κ3) is 5.16. The first-order valence-electron chi connectivity index (χ1n) is 8.56. The van der Waals surface area contributed by atoms with Crippen LogP contribution in [-0.4, -0.2) is 12.1 Å². The van der Waals surface area contributed by atoms with Gasteiger partial charge in [0.1, 0.15) is 12.4 Å². The van der Waals surface area contributed by atoms with Gasteiger partial charge in [0, 0.05) is 12.7 Å². The highest BCUT2D eigenvalue weighted by atomic mass is 19.4. The van der Waals surface area contributed by atoms with E-state index in [1.54, 1.807) is 12.3 Å². The second-order valence-electron chi connectivity index (χ2n) is 6.04. The molecule has 3 rings (SSSR count). The lowest BCUT2D eigenvalue weighted by Crippen LogP contribution is -2.05. The lowest BCUT2D eigenvalue weighted by molar-refractivity contribution is -0.137. The fraction of sp³-hybridized carbons (Fsp3) is 0.190. The maximum atomic E-state index is 12.6. The average Bonchev–Trinajstić information content (AvgIpc) is 2.71. The molecule has 0 spiro atoms. The number of ether oxygens (including phenoxy) is 2. The molecule has 0 aliphatic carbocycles. The largest absolute Gasteiger partial charge is 0.493 e. The molecule has 0 radical (unpaired) electrons. The molecule has 0 fully saturated rings. The molecule has 0 saturated carbocycles. The summed E-state index contributed by atoms with van der Waals surface area (Å²) in [7, 11) is 1.54. The number of aromatic nitrogens is 1. The fourth-order valence-electron chi connectivity index (χ4n) is 2.55. The Kier molecular flexibility index (Phi) is 6.03. The summed E-state index contributed by atoms with van der Waals surface area (Å²) < 4.78 is 49.0. The van der Waals surface area contributed by atoms with Gasteiger partial charge in [-0.1, -0.05) is 24.3 Å². The Labute approximate surface area is 160 Å². The van der Waals surface area contributed by atoms with Crippen molar-refractivity contribution in [1.82, 2.24) is 4.98 Å². The Morgan fingerprint density at radius 2 is 1.68 bits per heavy atom. The van der Waals surface area contributed by atoms with E-state index >= 15 is 0 Å². The summed E-state index contributed by atoms with van der Waals surface area (Å²) in [5.41, 5.74) is 0.930. The SMILES string of the molecule is COc1cc(CNc2ccccn2)ccc1OCc1ccc(C(F)(F)F)cc1. The van der Waals surface area contributed by atoms with Crippen molar-refractivity contribution in [2.75, 3.05) is 12.4 Å². The van der Waals surface area contributed by atoms with Crippen LogP contribution < -0.4 is 14.8 Å². The van der Waals surface area contributed by atoms with Crippen LogP contribution in [0.1, 0.15) is 16.7 Å². The fourth-order valence-corrected chi connectivity index (χ4v) is 2.55. The van der Waals surface area contributed by atoms with Crippen molar-refractivity contribution in [3.63, 3.8) is 0 Å². The first-order valence-corrected chi connectivity index (χ1v) is 8.56. The maximum Gasteiger partial charge on any atom is 0.416 e. The molecular formula is C21H19F3N2O2. The predicted octanol–water partition coefficient (Wildman–Crippen LogP) is 5.30. The molecule has 1 aromatic heterocycles. The topological polar surface area (TPSA) is 43.4 Å². The Morgan fingerprint density at radius 1 is 0.929 bits per heavy atom. The van der Waals surface area contributed by atoms with Crippen molar-refractivity contribution in [3.05, 3.63) is 83.6 Å². The van der Waals surface area contributed by atoms with E-state index in [1.165, 1.54) is 19.2 Å². The van der Waals surface area contributed by atoms with Crippen molar-refractivity contribution >= 4 is 5.82 Å². The monoisotopic (exact) mass is 388 g/mol. The van der Waals surface area contributed by atoms with E-state index in [0.717, 1.165) is 23.5 Å². The van der Waals surface area contributed by atoms with Crippen LogP contribution in [0.15, 0.2) is 66.9 Å². The molecule has 146 valence electrons. The van der Waals surface area contributed by atoms with Crippen molar-refractivity contribution in [2.24, 2.45) is 0 Å². The normalized spacial score (nSPS) is 11.1. The number of pyridine rings is 1. The molecule has 0 unspecified atom stereocenters. The van der Waals surface area contributed by atoms with Crippen molar-refractivity contribution < 1.29 is 22.6 Å². The van der Waals surface area contributed by atoms with E-state index in [0.29, 0.717) is 23.6 Å². The zero-order valence-corrected chi connectivity index (χ0v) is 15.2. The van der Waals surface area contributed by atoms with E-state index in [2.05, 4.69) is 10.3 Å². The minimum Gasteiger partial charge on any atom is -0.493 e. The summed E-state index contributed by atoms with van der Waals surface area (Å²) in [6, 6.07) is 16.0. The number of nitrogens with zero attached hydrogens (tertiary/aromatic N) is 1. The van der Waals surface area contributed by atoms with Crippen molar-refractivity contribution in [3.8, 4) is 11.5 Å².